The van der Waals surface area contributed by atoms with Gasteiger partial charge in [-0.15, -0.1) is 0 Å². The fourth-order valence-corrected chi connectivity index (χ4v) is 2.48. The lowest BCUT2D eigenvalue weighted by molar-refractivity contribution is 0.698. The highest BCUT2D eigenvalue weighted by molar-refractivity contribution is 7.99. The zero-order valence-electron chi connectivity index (χ0n) is 9.97. The zero-order chi connectivity index (χ0) is 12.1. The van der Waals surface area contributed by atoms with Crippen LogP contribution in [0.4, 0.5) is 0 Å². The second kappa shape index (κ2) is 5.89. The maximum absolute atomic E-state index is 5.99. The summed E-state index contributed by atoms with van der Waals surface area (Å²) in [5, 5.41) is 0. The number of hydrogen-bond donors (Lipinski definition) is 1. The van der Waals surface area contributed by atoms with Gasteiger partial charge in [0.15, 0.2) is 0 Å². The highest BCUT2D eigenvalue weighted by Crippen LogP contribution is 2.28. The van der Waals surface area contributed by atoms with Crippen LogP contribution in [0.5, 0.6) is 0 Å². The number of rotatable bonds is 4. The summed E-state index contributed by atoms with van der Waals surface area (Å²) in [5.41, 5.74) is 7.20. The van der Waals surface area contributed by atoms with Crippen LogP contribution in [-0.4, -0.2) is 0 Å². The minimum atomic E-state index is 0.158. The molecule has 2 aromatic rings. The molecule has 1 unspecified atom stereocenters. The molecule has 2 heteroatoms. The lowest BCUT2D eigenvalue weighted by atomic mass is 10.1. The SMILES string of the molecule is CCC(N)c1ccc(Sc2ccccc2)cc1. The van der Waals surface area contributed by atoms with E-state index in [1.165, 1.54) is 15.4 Å². The normalized spacial score (nSPS) is 12.4. The molecule has 0 bridgehead atoms. The standard InChI is InChI=1S/C15H17NS/c1-2-15(16)12-8-10-14(11-9-12)17-13-6-4-3-5-7-13/h3-11,15H,2,16H2,1H3. The Bertz CT molecular complexity index is 450. The van der Waals surface area contributed by atoms with Crippen molar-refractivity contribution in [2.75, 3.05) is 0 Å². The van der Waals surface area contributed by atoms with Crippen LogP contribution < -0.4 is 5.73 Å². The molecule has 0 fully saturated rings. The number of benzene rings is 2. The second-order valence-electron chi connectivity index (χ2n) is 4.00. The van der Waals surface area contributed by atoms with Crippen molar-refractivity contribution in [2.45, 2.75) is 29.2 Å². The summed E-state index contributed by atoms with van der Waals surface area (Å²) >= 11 is 1.77. The van der Waals surface area contributed by atoms with Crippen molar-refractivity contribution in [2.24, 2.45) is 5.73 Å². The Labute approximate surface area is 107 Å². The van der Waals surface area contributed by atoms with E-state index in [1.807, 2.05) is 6.07 Å². The van der Waals surface area contributed by atoms with Gasteiger partial charge in [0.25, 0.3) is 0 Å². The van der Waals surface area contributed by atoms with Crippen molar-refractivity contribution in [1.29, 1.82) is 0 Å². The maximum atomic E-state index is 5.99. The van der Waals surface area contributed by atoms with Crippen LogP contribution in [0.25, 0.3) is 0 Å². The lowest BCUT2D eigenvalue weighted by Gasteiger charge is -2.09. The van der Waals surface area contributed by atoms with E-state index < -0.39 is 0 Å². The molecule has 0 heterocycles. The van der Waals surface area contributed by atoms with E-state index in [0.29, 0.717) is 0 Å². The number of hydrogen-bond acceptors (Lipinski definition) is 2. The average Bonchev–Trinajstić information content (AvgIpc) is 2.40. The van der Waals surface area contributed by atoms with Gasteiger partial charge in [-0.1, -0.05) is 49.0 Å². The van der Waals surface area contributed by atoms with E-state index in [1.54, 1.807) is 11.8 Å². The summed E-state index contributed by atoms with van der Waals surface area (Å²) in [5.74, 6) is 0. The van der Waals surface area contributed by atoms with Gasteiger partial charge in [0.1, 0.15) is 0 Å². The molecule has 0 saturated heterocycles. The summed E-state index contributed by atoms with van der Waals surface area (Å²) in [7, 11) is 0. The minimum absolute atomic E-state index is 0.158. The molecule has 0 spiro atoms. The third-order valence-corrected chi connectivity index (χ3v) is 3.74. The van der Waals surface area contributed by atoms with E-state index in [2.05, 4.69) is 55.5 Å². The minimum Gasteiger partial charge on any atom is -0.324 e. The molecule has 17 heavy (non-hydrogen) atoms. The van der Waals surface area contributed by atoms with Crippen molar-refractivity contribution in [3.8, 4) is 0 Å². The highest BCUT2D eigenvalue weighted by atomic mass is 32.2. The fraction of sp³-hybridized carbons (Fsp3) is 0.200. The van der Waals surface area contributed by atoms with Gasteiger partial charge in [0.2, 0.25) is 0 Å². The Kier molecular flexibility index (Phi) is 4.24. The van der Waals surface area contributed by atoms with Crippen LogP contribution in [0.3, 0.4) is 0 Å². The molecule has 88 valence electrons. The van der Waals surface area contributed by atoms with E-state index in [9.17, 15) is 0 Å². The Hall–Kier alpha value is -1.25. The van der Waals surface area contributed by atoms with Crippen molar-refractivity contribution in [3.63, 3.8) is 0 Å². The molecule has 2 N–H and O–H groups in total. The molecular weight excluding hydrogens is 226 g/mol. The molecule has 0 aliphatic carbocycles. The van der Waals surface area contributed by atoms with Crippen LogP contribution in [0.1, 0.15) is 24.9 Å². The molecular formula is C15H17NS. The summed E-state index contributed by atoms with van der Waals surface area (Å²) < 4.78 is 0. The zero-order valence-corrected chi connectivity index (χ0v) is 10.8. The quantitative estimate of drug-likeness (QED) is 0.868. The monoisotopic (exact) mass is 243 g/mol. The van der Waals surface area contributed by atoms with Gasteiger partial charge >= 0.3 is 0 Å². The smallest absolute Gasteiger partial charge is 0.0292 e. The van der Waals surface area contributed by atoms with Gasteiger partial charge in [-0.3, -0.25) is 0 Å². The summed E-state index contributed by atoms with van der Waals surface area (Å²) in [6.45, 7) is 2.11. The number of nitrogens with two attached hydrogens (primary N) is 1. The molecule has 0 amide bonds. The molecule has 2 rings (SSSR count). The molecule has 0 aliphatic rings. The largest absolute Gasteiger partial charge is 0.324 e. The first-order chi connectivity index (χ1) is 8.29. The van der Waals surface area contributed by atoms with Gasteiger partial charge < -0.3 is 5.73 Å². The molecule has 1 atom stereocenters. The van der Waals surface area contributed by atoms with Crippen LogP contribution >= 0.6 is 11.8 Å². The van der Waals surface area contributed by atoms with E-state index in [4.69, 9.17) is 5.73 Å². The van der Waals surface area contributed by atoms with E-state index >= 15 is 0 Å². The first-order valence-corrected chi connectivity index (χ1v) is 6.69. The molecule has 0 saturated carbocycles. The predicted octanol–water partition coefficient (Wildman–Crippen LogP) is 4.25. The Morgan fingerprint density at radius 3 is 2.12 bits per heavy atom. The average molecular weight is 243 g/mol. The Morgan fingerprint density at radius 2 is 1.53 bits per heavy atom. The van der Waals surface area contributed by atoms with Gasteiger partial charge in [0.05, 0.1) is 0 Å². The Balaban J connectivity index is 2.08. The topological polar surface area (TPSA) is 26.0 Å². The molecule has 2 aromatic carbocycles. The summed E-state index contributed by atoms with van der Waals surface area (Å²) in [4.78, 5) is 2.52. The van der Waals surface area contributed by atoms with Crippen LogP contribution in [0.15, 0.2) is 64.4 Å². The van der Waals surface area contributed by atoms with E-state index in [-0.39, 0.29) is 6.04 Å². The van der Waals surface area contributed by atoms with Crippen molar-refractivity contribution in [3.05, 3.63) is 60.2 Å². The van der Waals surface area contributed by atoms with Gasteiger partial charge in [-0.25, -0.2) is 0 Å². The second-order valence-corrected chi connectivity index (χ2v) is 5.15. The van der Waals surface area contributed by atoms with Gasteiger partial charge in [0, 0.05) is 15.8 Å². The van der Waals surface area contributed by atoms with Gasteiger partial charge in [-0.2, -0.15) is 0 Å². The van der Waals surface area contributed by atoms with Crippen molar-refractivity contribution < 1.29 is 0 Å². The van der Waals surface area contributed by atoms with Crippen LogP contribution in [0.2, 0.25) is 0 Å². The predicted molar refractivity (Wildman–Crippen MR) is 74.2 cm³/mol. The van der Waals surface area contributed by atoms with Crippen molar-refractivity contribution >= 4 is 11.8 Å². The van der Waals surface area contributed by atoms with Crippen molar-refractivity contribution in [1.82, 2.24) is 0 Å². The third-order valence-electron chi connectivity index (χ3n) is 2.73. The summed E-state index contributed by atoms with van der Waals surface area (Å²) in [6, 6.07) is 19.1. The fourth-order valence-electron chi connectivity index (χ4n) is 1.64. The van der Waals surface area contributed by atoms with Crippen LogP contribution in [0, 0.1) is 0 Å². The van der Waals surface area contributed by atoms with Crippen LogP contribution in [-0.2, 0) is 0 Å². The molecule has 0 radical (unpaired) electrons. The first kappa shape index (κ1) is 12.2. The molecule has 0 aliphatic heterocycles. The third kappa shape index (κ3) is 3.35. The van der Waals surface area contributed by atoms with Gasteiger partial charge in [-0.05, 0) is 36.2 Å². The maximum Gasteiger partial charge on any atom is 0.0292 e. The lowest BCUT2D eigenvalue weighted by Crippen LogP contribution is -2.07. The first-order valence-electron chi connectivity index (χ1n) is 5.88. The highest BCUT2D eigenvalue weighted by Gasteiger charge is 2.03. The molecule has 0 aromatic heterocycles. The Morgan fingerprint density at radius 1 is 0.941 bits per heavy atom. The summed E-state index contributed by atoms with van der Waals surface area (Å²) in [6.07, 6.45) is 0.977. The molecule has 1 nitrogen and oxygen atoms in total. The van der Waals surface area contributed by atoms with E-state index in [0.717, 1.165) is 6.42 Å².